The number of amides is 1. The summed E-state index contributed by atoms with van der Waals surface area (Å²) in [5, 5.41) is -0.168. The van der Waals surface area contributed by atoms with Gasteiger partial charge >= 0.3 is 0 Å². The number of nitrogens with zero attached hydrogens (tertiary/aromatic N) is 1. The van der Waals surface area contributed by atoms with Crippen LogP contribution in [0.3, 0.4) is 0 Å². The third-order valence-corrected chi connectivity index (χ3v) is 5.27. The maximum absolute atomic E-state index is 12.5. The molecule has 0 radical (unpaired) electrons. The SMILES string of the molecule is O=C(c1ccccc1)c1ccc(N2C(=O)CSC2c2ccco2)cc1. The second-order valence-corrected chi connectivity index (χ2v) is 6.75. The van der Waals surface area contributed by atoms with E-state index in [1.165, 1.54) is 11.8 Å². The van der Waals surface area contributed by atoms with Gasteiger partial charge in [-0.2, -0.15) is 0 Å². The predicted molar refractivity (Wildman–Crippen MR) is 97.7 cm³/mol. The molecule has 1 aliphatic heterocycles. The maximum atomic E-state index is 12.5. The molecule has 1 aliphatic rings. The van der Waals surface area contributed by atoms with Crippen molar-refractivity contribution in [3.63, 3.8) is 0 Å². The summed E-state index contributed by atoms with van der Waals surface area (Å²) in [6.45, 7) is 0. The third kappa shape index (κ3) is 2.98. The molecule has 124 valence electrons. The highest BCUT2D eigenvalue weighted by Crippen LogP contribution is 2.41. The monoisotopic (exact) mass is 349 g/mol. The summed E-state index contributed by atoms with van der Waals surface area (Å²) in [5.74, 6) is 1.17. The van der Waals surface area contributed by atoms with Gasteiger partial charge in [0.1, 0.15) is 11.1 Å². The number of ketones is 1. The minimum absolute atomic E-state index is 0.0307. The van der Waals surface area contributed by atoms with Gasteiger partial charge in [0.25, 0.3) is 0 Å². The number of carbonyl (C=O) groups is 2. The molecule has 1 amide bonds. The summed E-state index contributed by atoms with van der Waals surface area (Å²) < 4.78 is 5.47. The van der Waals surface area contributed by atoms with Gasteiger partial charge in [-0.25, -0.2) is 0 Å². The first-order valence-corrected chi connectivity index (χ1v) is 8.96. The molecule has 1 atom stereocenters. The fourth-order valence-electron chi connectivity index (χ4n) is 2.88. The van der Waals surface area contributed by atoms with Gasteiger partial charge in [-0.1, -0.05) is 30.3 Å². The Balaban J connectivity index is 1.61. The van der Waals surface area contributed by atoms with Gasteiger partial charge in [-0.05, 0) is 36.4 Å². The molecule has 25 heavy (non-hydrogen) atoms. The highest BCUT2D eigenvalue weighted by atomic mass is 32.2. The molecule has 1 aromatic heterocycles. The number of rotatable bonds is 4. The van der Waals surface area contributed by atoms with Crippen molar-refractivity contribution in [2.45, 2.75) is 5.37 Å². The van der Waals surface area contributed by atoms with Crippen LogP contribution in [0.1, 0.15) is 27.1 Å². The Morgan fingerprint density at radius 1 is 0.960 bits per heavy atom. The molecule has 0 N–H and O–H groups in total. The van der Waals surface area contributed by atoms with Crippen molar-refractivity contribution in [3.8, 4) is 0 Å². The number of benzene rings is 2. The lowest BCUT2D eigenvalue weighted by Gasteiger charge is -2.22. The van der Waals surface area contributed by atoms with Crippen molar-refractivity contribution in [1.82, 2.24) is 0 Å². The molecule has 4 rings (SSSR count). The van der Waals surface area contributed by atoms with E-state index in [-0.39, 0.29) is 17.1 Å². The Morgan fingerprint density at radius 3 is 2.36 bits per heavy atom. The molecular formula is C20H15NO3S. The minimum Gasteiger partial charge on any atom is -0.466 e. The van der Waals surface area contributed by atoms with Gasteiger partial charge in [0.2, 0.25) is 5.91 Å². The van der Waals surface area contributed by atoms with Gasteiger partial charge in [0.05, 0.1) is 12.0 Å². The Morgan fingerprint density at radius 2 is 1.68 bits per heavy atom. The van der Waals surface area contributed by atoms with Crippen LogP contribution in [0.15, 0.2) is 77.4 Å². The van der Waals surface area contributed by atoms with E-state index in [1.54, 1.807) is 35.4 Å². The minimum atomic E-state index is -0.168. The molecule has 0 bridgehead atoms. The first-order chi connectivity index (χ1) is 12.2. The molecule has 2 aromatic carbocycles. The highest BCUT2D eigenvalue weighted by molar-refractivity contribution is 8.00. The van der Waals surface area contributed by atoms with Gasteiger partial charge < -0.3 is 4.42 Å². The summed E-state index contributed by atoms with van der Waals surface area (Å²) in [6, 6.07) is 20.0. The largest absolute Gasteiger partial charge is 0.466 e. The quantitative estimate of drug-likeness (QED) is 0.659. The van der Waals surface area contributed by atoms with E-state index in [9.17, 15) is 9.59 Å². The zero-order chi connectivity index (χ0) is 17.2. The van der Waals surface area contributed by atoms with Crippen molar-refractivity contribution in [2.75, 3.05) is 10.7 Å². The zero-order valence-electron chi connectivity index (χ0n) is 13.3. The summed E-state index contributed by atoms with van der Waals surface area (Å²) in [6.07, 6.45) is 1.61. The van der Waals surface area contributed by atoms with Crippen LogP contribution in [0, 0.1) is 0 Å². The van der Waals surface area contributed by atoms with Crippen molar-refractivity contribution >= 4 is 29.1 Å². The van der Waals surface area contributed by atoms with Crippen LogP contribution in [0.2, 0.25) is 0 Å². The highest BCUT2D eigenvalue weighted by Gasteiger charge is 2.35. The second-order valence-electron chi connectivity index (χ2n) is 5.68. The van der Waals surface area contributed by atoms with Gasteiger partial charge in [-0.3, -0.25) is 14.5 Å². The summed E-state index contributed by atoms with van der Waals surface area (Å²) >= 11 is 1.53. The van der Waals surface area contributed by atoms with E-state index < -0.39 is 0 Å². The third-order valence-electron chi connectivity index (χ3n) is 4.10. The topological polar surface area (TPSA) is 50.5 Å². The molecule has 3 aromatic rings. The zero-order valence-corrected chi connectivity index (χ0v) is 14.1. The lowest BCUT2D eigenvalue weighted by molar-refractivity contribution is -0.115. The fraction of sp³-hybridized carbons (Fsp3) is 0.100. The number of furan rings is 1. The second kappa shape index (κ2) is 6.61. The number of anilines is 1. The van der Waals surface area contributed by atoms with E-state index in [2.05, 4.69) is 0 Å². The van der Waals surface area contributed by atoms with Crippen molar-refractivity contribution < 1.29 is 14.0 Å². The molecular weight excluding hydrogens is 334 g/mol. The Bertz CT molecular complexity index is 888. The maximum Gasteiger partial charge on any atom is 0.238 e. The Labute approximate surface area is 149 Å². The Kier molecular flexibility index (Phi) is 4.15. The van der Waals surface area contributed by atoms with Crippen molar-refractivity contribution in [1.29, 1.82) is 0 Å². The van der Waals surface area contributed by atoms with E-state index in [1.807, 2.05) is 42.5 Å². The number of hydrogen-bond acceptors (Lipinski definition) is 4. The Hall–Kier alpha value is -2.79. The fourth-order valence-corrected chi connectivity index (χ4v) is 4.00. The average molecular weight is 349 g/mol. The lowest BCUT2D eigenvalue weighted by Crippen LogP contribution is -2.27. The van der Waals surface area contributed by atoms with Crippen LogP contribution in [0.5, 0.6) is 0 Å². The average Bonchev–Trinajstić information content (AvgIpc) is 3.31. The molecule has 0 saturated carbocycles. The lowest BCUT2D eigenvalue weighted by atomic mass is 10.0. The van der Waals surface area contributed by atoms with Crippen LogP contribution < -0.4 is 4.90 Å². The standard InChI is InChI=1S/C20H15NO3S/c22-18-13-25-20(17-7-4-12-24-17)21(18)16-10-8-15(9-11-16)19(23)14-5-2-1-3-6-14/h1-12,20H,13H2. The molecule has 2 heterocycles. The summed E-state index contributed by atoms with van der Waals surface area (Å²) in [4.78, 5) is 26.5. The summed E-state index contributed by atoms with van der Waals surface area (Å²) in [5.41, 5.74) is 2.02. The van der Waals surface area contributed by atoms with Gasteiger partial charge in [0.15, 0.2) is 5.78 Å². The molecule has 0 spiro atoms. The van der Waals surface area contributed by atoms with Crippen LogP contribution in [0.25, 0.3) is 0 Å². The van der Waals surface area contributed by atoms with Crippen LogP contribution in [0.4, 0.5) is 5.69 Å². The normalized spacial score (nSPS) is 17.0. The predicted octanol–water partition coefficient (Wildman–Crippen LogP) is 4.29. The van der Waals surface area contributed by atoms with E-state index in [0.717, 1.165) is 11.4 Å². The van der Waals surface area contributed by atoms with Crippen molar-refractivity contribution in [2.24, 2.45) is 0 Å². The first kappa shape index (κ1) is 15.7. The molecule has 1 fully saturated rings. The number of thioether (sulfide) groups is 1. The molecule has 1 unspecified atom stereocenters. The number of carbonyl (C=O) groups excluding carboxylic acids is 2. The molecule has 5 heteroatoms. The smallest absolute Gasteiger partial charge is 0.238 e. The van der Waals surface area contributed by atoms with Gasteiger partial charge in [-0.15, -0.1) is 11.8 Å². The van der Waals surface area contributed by atoms with Crippen molar-refractivity contribution in [3.05, 3.63) is 89.9 Å². The number of hydrogen-bond donors (Lipinski definition) is 0. The van der Waals surface area contributed by atoms with Crippen LogP contribution in [-0.4, -0.2) is 17.4 Å². The molecule has 1 saturated heterocycles. The van der Waals surface area contributed by atoms with E-state index in [0.29, 0.717) is 16.9 Å². The van der Waals surface area contributed by atoms with E-state index in [4.69, 9.17) is 4.42 Å². The van der Waals surface area contributed by atoms with E-state index >= 15 is 0 Å². The molecule has 4 nitrogen and oxygen atoms in total. The first-order valence-electron chi connectivity index (χ1n) is 7.91. The van der Waals surface area contributed by atoms with Gasteiger partial charge in [0, 0.05) is 16.8 Å². The summed E-state index contributed by atoms with van der Waals surface area (Å²) in [7, 11) is 0. The van der Waals surface area contributed by atoms with Crippen LogP contribution >= 0.6 is 11.8 Å². The molecule has 0 aliphatic carbocycles. The van der Waals surface area contributed by atoms with Crippen LogP contribution in [-0.2, 0) is 4.79 Å².